The van der Waals surface area contributed by atoms with Crippen molar-refractivity contribution in [1.29, 1.82) is 0 Å². The minimum absolute atomic E-state index is 0.129. The Morgan fingerprint density at radius 2 is 1.62 bits per heavy atom. The van der Waals surface area contributed by atoms with Gasteiger partial charge < -0.3 is 14.8 Å². The van der Waals surface area contributed by atoms with Gasteiger partial charge in [-0.1, -0.05) is 23.8 Å². The summed E-state index contributed by atoms with van der Waals surface area (Å²) in [6.07, 6.45) is -1.09. The van der Waals surface area contributed by atoms with E-state index in [0.29, 0.717) is 22.7 Å². The topological polar surface area (TPSA) is 102 Å². The number of hydrogen-bond donors (Lipinski definition) is 1. The molecule has 0 saturated heterocycles. The molecule has 0 bridgehead atoms. The van der Waals surface area contributed by atoms with Crippen molar-refractivity contribution in [3.8, 4) is 5.75 Å². The Morgan fingerprint density at radius 3 is 2.26 bits per heavy atom. The highest BCUT2D eigenvalue weighted by Gasteiger charge is 2.37. The van der Waals surface area contributed by atoms with Crippen LogP contribution < -0.4 is 14.4 Å². The third-order valence-corrected chi connectivity index (χ3v) is 7.25. The first-order chi connectivity index (χ1) is 16.2. The molecule has 0 aromatic heterocycles. The van der Waals surface area contributed by atoms with Crippen LogP contribution in [0.1, 0.15) is 21.5 Å². The molecule has 1 atom stereocenters. The number of methoxy groups -OCH3 is 1. The second-order valence-corrected chi connectivity index (χ2v) is 9.85. The van der Waals surface area contributed by atoms with Crippen LogP contribution >= 0.6 is 0 Å². The SMILES string of the molecule is COC(=O)c1ccc(NC(=O)[C@H]2CN(S(=O)(=O)c3ccc(C)cc3)c3ccc(C)cc3O2)cc1. The Hall–Kier alpha value is -3.85. The number of aryl methyl sites for hydroxylation is 2. The van der Waals surface area contributed by atoms with E-state index >= 15 is 0 Å². The smallest absolute Gasteiger partial charge is 0.337 e. The first kappa shape index (κ1) is 23.3. The number of sulfonamides is 1. The van der Waals surface area contributed by atoms with Gasteiger partial charge in [0.1, 0.15) is 5.75 Å². The fraction of sp³-hybridized carbons (Fsp3) is 0.200. The number of hydrogen-bond acceptors (Lipinski definition) is 6. The molecule has 1 aliphatic heterocycles. The third kappa shape index (κ3) is 4.60. The lowest BCUT2D eigenvalue weighted by Gasteiger charge is -2.35. The lowest BCUT2D eigenvalue weighted by molar-refractivity contribution is -0.122. The van der Waals surface area contributed by atoms with Crippen molar-refractivity contribution in [1.82, 2.24) is 0 Å². The molecular weight excluding hydrogens is 456 g/mol. The van der Waals surface area contributed by atoms with Crippen LogP contribution in [-0.2, 0) is 19.6 Å². The second kappa shape index (κ2) is 9.18. The van der Waals surface area contributed by atoms with Gasteiger partial charge in [-0.2, -0.15) is 0 Å². The molecule has 3 aromatic carbocycles. The minimum atomic E-state index is -3.94. The van der Waals surface area contributed by atoms with Gasteiger partial charge in [-0.25, -0.2) is 13.2 Å². The Kier molecular flexibility index (Phi) is 6.30. The molecule has 0 fully saturated rings. The Bertz CT molecular complexity index is 1330. The molecule has 0 saturated carbocycles. The van der Waals surface area contributed by atoms with Gasteiger partial charge in [0.2, 0.25) is 0 Å². The highest BCUT2D eigenvalue weighted by molar-refractivity contribution is 7.92. The number of carbonyl (C=O) groups is 2. The van der Waals surface area contributed by atoms with Crippen LogP contribution in [0.25, 0.3) is 0 Å². The molecule has 0 spiro atoms. The number of anilines is 2. The van der Waals surface area contributed by atoms with Crippen LogP contribution in [0.5, 0.6) is 5.75 Å². The molecule has 0 aliphatic carbocycles. The molecule has 3 aromatic rings. The fourth-order valence-corrected chi connectivity index (χ4v) is 5.07. The maximum absolute atomic E-state index is 13.5. The summed E-state index contributed by atoms with van der Waals surface area (Å²) in [5.41, 5.74) is 2.95. The summed E-state index contributed by atoms with van der Waals surface area (Å²) in [6, 6.07) is 17.9. The van der Waals surface area contributed by atoms with Gasteiger partial charge in [0.25, 0.3) is 15.9 Å². The number of nitrogens with one attached hydrogen (secondary N) is 1. The number of esters is 1. The van der Waals surface area contributed by atoms with Gasteiger partial charge in [-0.3, -0.25) is 9.10 Å². The van der Waals surface area contributed by atoms with E-state index in [1.165, 1.54) is 23.5 Å². The fourth-order valence-electron chi connectivity index (χ4n) is 3.59. The van der Waals surface area contributed by atoms with Crippen molar-refractivity contribution in [2.45, 2.75) is 24.8 Å². The number of rotatable bonds is 5. The average Bonchev–Trinajstić information content (AvgIpc) is 2.83. The van der Waals surface area contributed by atoms with Crippen LogP contribution in [0.2, 0.25) is 0 Å². The molecule has 4 rings (SSSR count). The Morgan fingerprint density at radius 1 is 0.971 bits per heavy atom. The quantitative estimate of drug-likeness (QED) is 0.559. The molecule has 176 valence electrons. The van der Waals surface area contributed by atoms with Crippen molar-refractivity contribution in [3.05, 3.63) is 83.4 Å². The van der Waals surface area contributed by atoms with E-state index in [9.17, 15) is 18.0 Å². The van der Waals surface area contributed by atoms with Crippen molar-refractivity contribution in [2.75, 3.05) is 23.3 Å². The van der Waals surface area contributed by atoms with E-state index in [-0.39, 0.29) is 11.4 Å². The number of fused-ring (bicyclic) bond motifs is 1. The van der Waals surface area contributed by atoms with E-state index in [0.717, 1.165) is 11.1 Å². The summed E-state index contributed by atoms with van der Waals surface area (Å²) in [6.45, 7) is 3.54. The summed E-state index contributed by atoms with van der Waals surface area (Å²) in [5.74, 6) is -0.692. The summed E-state index contributed by atoms with van der Waals surface area (Å²) < 4.78 is 38.8. The number of carbonyl (C=O) groups excluding carboxylic acids is 2. The van der Waals surface area contributed by atoms with Gasteiger partial charge in [0, 0.05) is 5.69 Å². The van der Waals surface area contributed by atoms with Crippen molar-refractivity contribution >= 4 is 33.3 Å². The zero-order valence-corrected chi connectivity index (χ0v) is 19.8. The van der Waals surface area contributed by atoms with Gasteiger partial charge in [-0.15, -0.1) is 0 Å². The standard InChI is InChI=1S/C25H24N2O6S/c1-16-4-11-20(12-5-16)34(30,31)27-15-23(33-22-14-17(2)6-13-21(22)27)24(28)26-19-9-7-18(8-10-19)25(29)32-3/h4-14,23H,15H2,1-3H3,(H,26,28)/t23-/m1/s1. The second-order valence-electron chi connectivity index (χ2n) is 7.99. The van der Waals surface area contributed by atoms with Gasteiger partial charge in [-0.05, 0) is 67.9 Å². The largest absolute Gasteiger partial charge is 0.476 e. The van der Waals surface area contributed by atoms with Gasteiger partial charge in [0.15, 0.2) is 6.10 Å². The van der Waals surface area contributed by atoms with Crippen molar-refractivity contribution in [3.63, 3.8) is 0 Å². The summed E-state index contributed by atoms with van der Waals surface area (Å²) in [5, 5.41) is 2.72. The molecular formula is C25H24N2O6S. The van der Waals surface area contributed by atoms with Crippen molar-refractivity contribution < 1.29 is 27.5 Å². The van der Waals surface area contributed by atoms with Crippen LogP contribution in [0.4, 0.5) is 11.4 Å². The molecule has 9 heteroatoms. The molecule has 34 heavy (non-hydrogen) atoms. The van der Waals surface area contributed by atoms with Crippen LogP contribution in [0.15, 0.2) is 71.6 Å². The van der Waals surface area contributed by atoms with Crippen molar-refractivity contribution in [2.24, 2.45) is 0 Å². The first-order valence-electron chi connectivity index (χ1n) is 10.5. The van der Waals surface area contributed by atoms with E-state index in [4.69, 9.17) is 4.74 Å². The molecule has 1 N–H and O–H groups in total. The first-order valence-corrected chi connectivity index (χ1v) is 12.0. The molecule has 1 heterocycles. The Balaban J connectivity index is 1.63. The number of amides is 1. The summed E-state index contributed by atoms with van der Waals surface area (Å²) >= 11 is 0. The van der Waals surface area contributed by atoms with E-state index in [1.807, 2.05) is 13.8 Å². The van der Waals surface area contributed by atoms with Crippen LogP contribution in [0.3, 0.4) is 0 Å². The highest BCUT2D eigenvalue weighted by Crippen LogP contribution is 2.38. The third-order valence-electron chi connectivity index (χ3n) is 5.46. The van der Waals surface area contributed by atoms with Gasteiger partial charge in [0.05, 0.1) is 29.8 Å². The predicted molar refractivity (Wildman–Crippen MR) is 128 cm³/mol. The lowest BCUT2D eigenvalue weighted by atomic mass is 10.1. The molecule has 0 radical (unpaired) electrons. The average molecular weight is 481 g/mol. The summed E-state index contributed by atoms with van der Waals surface area (Å²) in [4.78, 5) is 24.8. The maximum atomic E-state index is 13.5. The highest BCUT2D eigenvalue weighted by atomic mass is 32.2. The van der Waals surface area contributed by atoms with Crippen LogP contribution in [-0.4, -0.2) is 40.1 Å². The molecule has 1 amide bonds. The zero-order chi connectivity index (χ0) is 24.5. The maximum Gasteiger partial charge on any atom is 0.337 e. The number of nitrogens with zero attached hydrogens (tertiary/aromatic N) is 1. The number of benzene rings is 3. The normalized spacial score (nSPS) is 15.1. The van der Waals surface area contributed by atoms with Crippen LogP contribution in [0, 0.1) is 13.8 Å². The zero-order valence-electron chi connectivity index (χ0n) is 18.9. The summed E-state index contributed by atoms with van der Waals surface area (Å²) in [7, 11) is -2.65. The monoisotopic (exact) mass is 480 g/mol. The van der Waals surface area contributed by atoms with Gasteiger partial charge >= 0.3 is 5.97 Å². The lowest BCUT2D eigenvalue weighted by Crippen LogP contribution is -2.48. The van der Waals surface area contributed by atoms with E-state index in [1.54, 1.807) is 54.6 Å². The molecule has 8 nitrogen and oxygen atoms in total. The predicted octanol–water partition coefficient (Wildman–Crippen LogP) is 3.69. The molecule has 1 aliphatic rings. The molecule has 0 unspecified atom stereocenters. The number of ether oxygens (including phenoxy) is 2. The van der Waals surface area contributed by atoms with E-state index < -0.39 is 28.0 Å². The minimum Gasteiger partial charge on any atom is -0.476 e. The Labute approximate surface area is 198 Å². The van der Waals surface area contributed by atoms with E-state index in [2.05, 4.69) is 10.1 Å².